The van der Waals surface area contributed by atoms with E-state index in [1.807, 2.05) is 0 Å². The van der Waals surface area contributed by atoms with Crippen LogP contribution in [0.1, 0.15) is 143 Å². The Kier molecular flexibility index (Phi) is 17.4. The maximum Gasteiger partial charge on any atom is 0.0637 e. The molecular weight excluding hydrogens is 596 g/mol. The van der Waals surface area contributed by atoms with E-state index in [2.05, 4.69) is 33.0 Å². The van der Waals surface area contributed by atoms with Crippen molar-refractivity contribution in [2.24, 2.45) is 63.5 Å². The quantitative estimate of drug-likeness (QED) is 0.0786. The first kappa shape index (κ1) is 40.5. The first-order valence-corrected chi connectivity index (χ1v) is 21.0. The lowest BCUT2D eigenvalue weighted by Crippen LogP contribution is -2.63. The van der Waals surface area contributed by atoms with Crippen LogP contribution in [0.3, 0.4) is 0 Å². The molecule has 4 rings (SSSR count). The smallest absolute Gasteiger partial charge is 0.0637 e. The zero-order valence-corrected chi connectivity index (χ0v) is 32.0. The number of nitrogens with one attached hydrogen (secondary N) is 1. The summed E-state index contributed by atoms with van der Waals surface area (Å²) in [4.78, 5) is 0. The van der Waals surface area contributed by atoms with Crippen molar-refractivity contribution in [3.63, 3.8) is 0 Å². The molecule has 11 atom stereocenters. The highest BCUT2D eigenvalue weighted by Gasteiger charge is 2.66. The molecule has 0 bridgehead atoms. The van der Waals surface area contributed by atoms with Gasteiger partial charge in [-0.05, 0) is 157 Å². The fourth-order valence-electron chi connectivity index (χ4n) is 11.5. The van der Waals surface area contributed by atoms with Crippen molar-refractivity contribution >= 4 is 0 Å². The van der Waals surface area contributed by atoms with Crippen LogP contribution in [0.2, 0.25) is 0 Å². The third kappa shape index (κ3) is 9.98. The van der Waals surface area contributed by atoms with Gasteiger partial charge in [-0.2, -0.15) is 0 Å². The van der Waals surface area contributed by atoms with E-state index in [4.69, 9.17) is 31.4 Å². The van der Waals surface area contributed by atoms with E-state index in [0.717, 1.165) is 52.0 Å². The van der Waals surface area contributed by atoms with Crippen LogP contribution in [0.5, 0.6) is 0 Å². The number of ether oxygens (including phenoxy) is 3. The normalized spacial score (nSPS) is 36.8. The Morgan fingerprint density at radius 2 is 1.38 bits per heavy atom. The second-order valence-corrected chi connectivity index (χ2v) is 17.1. The molecule has 0 spiro atoms. The van der Waals surface area contributed by atoms with Gasteiger partial charge in [0.05, 0.1) is 18.3 Å². The maximum atomic E-state index is 7.03. The Morgan fingerprint density at radius 1 is 0.708 bits per heavy atom. The highest BCUT2D eigenvalue weighted by atomic mass is 16.5. The van der Waals surface area contributed by atoms with Gasteiger partial charge < -0.3 is 36.7 Å². The Bertz CT molecular complexity index is 879. The summed E-state index contributed by atoms with van der Waals surface area (Å²) in [6.07, 6.45) is 23.2. The fraction of sp³-hybridized carbons (Fsp3) is 1.00. The van der Waals surface area contributed by atoms with Crippen LogP contribution in [0.15, 0.2) is 0 Å². The van der Waals surface area contributed by atoms with Gasteiger partial charge in [0.15, 0.2) is 0 Å². The summed E-state index contributed by atoms with van der Waals surface area (Å²) < 4.78 is 20.4. The average Bonchev–Trinajstić information content (AvgIpc) is 3.44. The number of fused-ring (bicyclic) bond motifs is 5. The van der Waals surface area contributed by atoms with E-state index in [1.54, 1.807) is 0 Å². The molecule has 4 aliphatic rings. The SMILES string of the molecule is CCCCCCCCNCCCC(C)C1CC[C@H]2[C@@H]3[C@H](OCCCN)C[C@@H]4C[C@H](OCCCN)CC[C@]4(C)[C@H]3C[C@H](OCCCN)[C@]12C. The molecule has 7 nitrogen and oxygen atoms in total. The minimum atomic E-state index is 0.183. The Balaban J connectivity index is 1.46. The van der Waals surface area contributed by atoms with Crippen LogP contribution in [-0.4, -0.2) is 70.9 Å². The first-order chi connectivity index (χ1) is 23.3. The van der Waals surface area contributed by atoms with Gasteiger partial charge >= 0.3 is 0 Å². The molecule has 7 heteroatoms. The molecule has 4 fully saturated rings. The minimum absolute atomic E-state index is 0.183. The molecule has 0 aromatic rings. The Labute approximate surface area is 296 Å². The van der Waals surface area contributed by atoms with Crippen molar-refractivity contribution < 1.29 is 14.2 Å². The topological polar surface area (TPSA) is 118 Å². The zero-order valence-electron chi connectivity index (χ0n) is 32.0. The van der Waals surface area contributed by atoms with Crippen LogP contribution >= 0.6 is 0 Å². The lowest BCUT2D eigenvalue weighted by atomic mass is 9.43. The van der Waals surface area contributed by atoms with Crippen LogP contribution in [0.25, 0.3) is 0 Å². The first-order valence-electron chi connectivity index (χ1n) is 21.0. The van der Waals surface area contributed by atoms with Crippen LogP contribution in [0, 0.1) is 46.3 Å². The molecular formula is C41H80N4O3. The third-order valence-corrected chi connectivity index (χ3v) is 14.2. The summed E-state index contributed by atoms with van der Waals surface area (Å²) in [6, 6.07) is 0. The molecule has 0 aromatic carbocycles. The lowest BCUT2D eigenvalue weighted by molar-refractivity contribution is -0.227. The summed E-state index contributed by atoms with van der Waals surface area (Å²) in [7, 11) is 0. The van der Waals surface area contributed by atoms with Gasteiger partial charge in [0, 0.05) is 25.2 Å². The molecule has 4 saturated carbocycles. The monoisotopic (exact) mass is 677 g/mol. The van der Waals surface area contributed by atoms with Gasteiger partial charge in [0.25, 0.3) is 0 Å². The largest absolute Gasteiger partial charge is 0.378 e. The van der Waals surface area contributed by atoms with Crippen LogP contribution in [-0.2, 0) is 14.2 Å². The Morgan fingerprint density at radius 3 is 2.10 bits per heavy atom. The van der Waals surface area contributed by atoms with E-state index in [0.29, 0.717) is 78.9 Å². The molecule has 48 heavy (non-hydrogen) atoms. The second-order valence-electron chi connectivity index (χ2n) is 17.1. The summed E-state index contributed by atoms with van der Waals surface area (Å²) in [5.74, 6) is 3.92. The molecule has 0 aliphatic heterocycles. The third-order valence-electron chi connectivity index (χ3n) is 14.2. The minimum Gasteiger partial charge on any atom is -0.378 e. The zero-order chi connectivity index (χ0) is 34.4. The standard InChI is InChI=1S/C41H80N4O3/c1-5-6-7-8-9-10-23-45-24-11-15-31(2)34-16-17-35-39-36(30-38(41(34,35)4)48-27-14-22-44)40(3)19-18-33(46-25-12-20-42)28-32(40)29-37(39)47-26-13-21-43/h31-39,45H,5-30,42-44H2,1-4H3/t31?,32-,33+,34?,35-,36-,37+,38-,39-,40-,41+/m0/s1. The van der Waals surface area contributed by atoms with E-state index in [-0.39, 0.29) is 5.41 Å². The molecule has 0 heterocycles. The van der Waals surface area contributed by atoms with Gasteiger partial charge in [0.1, 0.15) is 0 Å². The Hall–Kier alpha value is -0.280. The molecule has 4 aliphatic carbocycles. The van der Waals surface area contributed by atoms with Gasteiger partial charge in [-0.1, -0.05) is 59.8 Å². The van der Waals surface area contributed by atoms with Crippen molar-refractivity contribution in [1.82, 2.24) is 5.32 Å². The number of hydrogen-bond acceptors (Lipinski definition) is 7. The summed E-state index contributed by atoms with van der Waals surface area (Å²) in [5, 5.41) is 3.77. The molecule has 0 radical (unpaired) electrons. The van der Waals surface area contributed by atoms with Crippen molar-refractivity contribution in [1.29, 1.82) is 0 Å². The van der Waals surface area contributed by atoms with Gasteiger partial charge in [0.2, 0.25) is 0 Å². The number of nitrogens with two attached hydrogens (primary N) is 3. The second kappa shape index (κ2) is 20.7. The molecule has 7 N–H and O–H groups in total. The average molecular weight is 677 g/mol. The van der Waals surface area contributed by atoms with E-state index in [9.17, 15) is 0 Å². The summed E-state index contributed by atoms with van der Waals surface area (Å²) in [6.45, 7) is 17.0. The predicted molar refractivity (Wildman–Crippen MR) is 201 cm³/mol. The van der Waals surface area contributed by atoms with Crippen molar-refractivity contribution in [3.05, 3.63) is 0 Å². The van der Waals surface area contributed by atoms with Crippen molar-refractivity contribution in [3.8, 4) is 0 Å². The summed E-state index contributed by atoms with van der Waals surface area (Å²) in [5.41, 5.74) is 18.3. The number of unbranched alkanes of at least 4 members (excludes halogenated alkanes) is 5. The van der Waals surface area contributed by atoms with Crippen LogP contribution < -0.4 is 22.5 Å². The molecule has 0 amide bonds. The van der Waals surface area contributed by atoms with E-state index >= 15 is 0 Å². The molecule has 2 unspecified atom stereocenters. The number of hydrogen-bond donors (Lipinski definition) is 4. The highest BCUT2D eigenvalue weighted by Crippen LogP contribution is 2.69. The highest BCUT2D eigenvalue weighted by molar-refractivity contribution is 5.15. The molecule has 282 valence electrons. The van der Waals surface area contributed by atoms with Crippen LogP contribution in [0.4, 0.5) is 0 Å². The van der Waals surface area contributed by atoms with E-state index < -0.39 is 0 Å². The molecule has 0 aromatic heterocycles. The van der Waals surface area contributed by atoms with Gasteiger partial charge in [-0.25, -0.2) is 0 Å². The van der Waals surface area contributed by atoms with E-state index in [1.165, 1.54) is 96.4 Å². The molecule has 0 saturated heterocycles. The van der Waals surface area contributed by atoms with Crippen molar-refractivity contribution in [2.75, 3.05) is 52.5 Å². The predicted octanol–water partition coefficient (Wildman–Crippen LogP) is 7.43. The lowest BCUT2D eigenvalue weighted by Gasteiger charge is -2.65. The van der Waals surface area contributed by atoms with Crippen molar-refractivity contribution in [2.45, 2.75) is 162 Å². The summed E-state index contributed by atoms with van der Waals surface area (Å²) >= 11 is 0. The fourth-order valence-corrected chi connectivity index (χ4v) is 11.5. The number of rotatable bonds is 24. The maximum absolute atomic E-state index is 7.03. The van der Waals surface area contributed by atoms with Gasteiger partial charge in [-0.3, -0.25) is 0 Å². The van der Waals surface area contributed by atoms with Gasteiger partial charge in [-0.15, -0.1) is 0 Å².